The number of benzene rings is 1. The zero-order valence-corrected chi connectivity index (χ0v) is 14.7. The highest BCUT2D eigenvalue weighted by Crippen LogP contribution is 2.37. The number of amides is 2. The second-order valence-electron chi connectivity index (χ2n) is 6.31. The van der Waals surface area contributed by atoms with Crippen LogP contribution in [0.3, 0.4) is 0 Å². The number of carbonyl (C=O) groups excluding carboxylic acids is 2. The van der Waals surface area contributed by atoms with Crippen molar-refractivity contribution in [2.75, 3.05) is 5.32 Å². The molecule has 1 aromatic carbocycles. The third kappa shape index (κ3) is 3.67. The molecule has 24 heavy (non-hydrogen) atoms. The standard InChI is InChI=1S/C19H22N2O2S/c1-12-6-8-13(9-7-12)10-11-16(22)21-19-17(18(20)23)14-4-2-3-5-15(14)24-19/h6-9H,2-5,10-11H2,1H3,(H2,20,23)(H,21,22). The summed E-state index contributed by atoms with van der Waals surface area (Å²) in [6.07, 6.45) is 5.13. The first-order valence-electron chi connectivity index (χ1n) is 8.34. The predicted octanol–water partition coefficient (Wildman–Crippen LogP) is 3.61. The van der Waals surface area contributed by atoms with Crippen molar-refractivity contribution in [1.82, 2.24) is 0 Å². The molecular formula is C19H22N2O2S. The first-order valence-corrected chi connectivity index (χ1v) is 9.16. The van der Waals surface area contributed by atoms with Crippen LogP contribution < -0.4 is 11.1 Å². The SMILES string of the molecule is Cc1ccc(CCC(=O)Nc2sc3c(c2C(N)=O)CCCC3)cc1. The lowest BCUT2D eigenvalue weighted by Gasteiger charge is -2.11. The Labute approximate surface area is 146 Å². The van der Waals surface area contributed by atoms with Gasteiger partial charge in [0.1, 0.15) is 5.00 Å². The van der Waals surface area contributed by atoms with Crippen LogP contribution in [0, 0.1) is 6.92 Å². The van der Waals surface area contributed by atoms with Crippen molar-refractivity contribution in [3.8, 4) is 0 Å². The van der Waals surface area contributed by atoms with Crippen molar-refractivity contribution in [3.05, 3.63) is 51.4 Å². The number of hydrogen-bond acceptors (Lipinski definition) is 3. The van der Waals surface area contributed by atoms with E-state index in [0.29, 0.717) is 23.4 Å². The number of thiophene rings is 1. The monoisotopic (exact) mass is 342 g/mol. The number of aryl methyl sites for hydroxylation is 3. The minimum absolute atomic E-state index is 0.0725. The number of anilines is 1. The van der Waals surface area contributed by atoms with E-state index in [0.717, 1.165) is 36.8 Å². The number of fused-ring (bicyclic) bond motifs is 1. The second kappa shape index (κ2) is 7.18. The van der Waals surface area contributed by atoms with E-state index < -0.39 is 5.91 Å². The number of nitrogens with two attached hydrogens (primary N) is 1. The van der Waals surface area contributed by atoms with E-state index in [2.05, 4.69) is 5.32 Å². The molecular weight excluding hydrogens is 320 g/mol. The smallest absolute Gasteiger partial charge is 0.251 e. The third-order valence-electron chi connectivity index (χ3n) is 4.43. The van der Waals surface area contributed by atoms with Crippen molar-refractivity contribution in [2.24, 2.45) is 5.73 Å². The Morgan fingerprint density at radius 2 is 1.88 bits per heavy atom. The molecule has 2 amide bonds. The van der Waals surface area contributed by atoms with Gasteiger partial charge >= 0.3 is 0 Å². The molecule has 0 aliphatic heterocycles. The molecule has 3 rings (SSSR count). The van der Waals surface area contributed by atoms with E-state index in [1.54, 1.807) is 0 Å². The van der Waals surface area contributed by atoms with Crippen LogP contribution in [-0.4, -0.2) is 11.8 Å². The van der Waals surface area contributed by atoms with Crippen molar-refractivity contribution in [2.45, 2.75) is 45.4 Å². The minimum atomic E-state index is -0.441. The molecule has 0 fully saturated rings. The molecule has 0 radical (unpaired) electrons. The molecule has 4 nitrogen and oxygen atoms in total. The van der Waals surface area contributed by atoms with E-state index in [4.69, 9.17) is 5.73 Å². The summed E-state index contributed by atoms with van der Waals surface area (Å²) in [6.45, 7) is 2.04. The van der Waals surface area contributed by atoms with Crippen LogP contribution >= 0.6 is 11.3 Å². The van der Waals surface area contributed by atoms with Crippen LogP contribution in [0.25, 0.3) is 0 Å². The topological polar surface area (TPSA) is 72.2 Å². The molecule has 2 aromatic rings. The maximum atomic E-state index is 12.3. The molecule has 1 aliphatic rings. The quantitative estimate of drug-likeness (QED) is 0.871. The van der Waals surface area contributed by atoms with Crippen LogP contribution in [0.5, 0.6) is 0 Å². The van der Waals surface area contributed by atoms with E-state index in [9.17, 15) is 9.59 Å². The van der Waals surface area contributed by atoms with Crippen LogP contribution in [0.1, 0.15) is 51.2 Å². The van der Waals surface area contributed by atoms with Crippen molar-refractivity contribution < 1.29 is 9.59 Å². The Morgan fingerprint density at radius 3 is 2.58 bits per heavy atom. The first kappa shape index (κ1) is 16.7. The highest BCUT2D eigenvalue weighted by Gasteiger charge is 2.24. The number of rotatable bonds is 5. The number of hydrogen-bond donors (Lipinski definition) is 2. The largest absolute Gasteiger partial charge is 0.365 e. The van der Waals surface area contributed by atoms with Crippen LogP contribution in [0.15, 0.2) is 24.3 Å². The van der Waals surface area contributed by atoms with Gasteiger partial charge in [0, 0.05) is 11.3 Å². The van der Waals surface area contributed by atoms with Crippen molar-refractivity contribution in [1.29, 1.82) is 0 Å². The number of primary amides is 1. The Bertz CT molecular complexity index is 762. The Morgan fingerprint density at radius 1 is 1.17 bits per heavy atom. The molecule has 0 atom stereocenters. The van der Waals surface area contributed by atoms with Gasteiger partial charge in [-0.15, -0.1) is 11.3 Å². The van der Waals surface area contributed by atoms with E-state index in [-0.39, 0.29) is 5.91 Å². The van der Waals surface area contributed by atoms with E-state index in [1.165, 1.54) is 21.8 Å². The molecule has 0 unspecified atom stereocenters. The summed E-state index contributed by atoms with van der Waals surface area (Å²) in [5.41, 5.74) is 9.47. The zero-order valence-electron chi connectivity index (χ0n) is 13.9. The molecule has 126 valence electrons. The van der Waals surface area contributed by atoms with Crippen LogP contribution in [-0.2, 0) is 24.1 Å². The van der Waals surface area contributed by atoms with Crippen LogP contribution in [0.2, 0.25) is 0 Å². The highest BCUT2D eigenvalue weighted by molar-refractivity contribution is 7.17. The van der Waals surface area contributed by atoms with Crippen molar-refractivity contribution >= 4 is 28.2 Å². The maximum Gasteiger partial charge on any atom is 0.251 e. The average molecular weight is 342 g/mol. The van der Waals surface area contributed by atoms with Gasteiger partial charge in [-0.05, 0) is 50.2 Å². The zero-order chi connectivity index (χ0) is 17.1. The normalized spacial score (nSPS) is 13.4. The van der Waals surface area contributed by atoms with E-state index >= 15 is 0 Å². The highest BCUT2D eigenvalue weighted by atomic mass is 32.1. The van der Waals surface area contributed by atoms with Gasteiger partial charge in [0.2, 0.25) is 5.91 Å². The molecule has 1 heterocycles. The summed E-state index contributed by atoms with van der Waals surface area (Å²) in [4.78, 5) is 25.3. The van der Waals surface area contributed by atoms with Crippen LogP contribution in [0.4, 0.5) is 5.00 Å². The summed E-state index contributed by atoms with van der Waals surface area (Å²) in [6, 6.07) is 8.18. The number of nitrogens with one attached hydrogen (secondary N) is 1. The fourth-order valence-electron chi connectivity index (χ4n) is 3.12. The lowest BCUT2D eigenvalue weighted by molar-refractivity contribution is -0.116. The van der Waals surface area contributed by atoms with Gasteiger partial charge in [0.15, 0.2) is 0 Å². The summed E-state index contributed by atoms with van der Waals surface area (Å²) in [5, 5.41) is 3.54. The Balaban J connectivity index is 1.69. The molecule has 0 spiro atoms. The lowest BCUT2D eigenvalue weighted by atomic mass is 9.95. The third-order valence-corrected chi connectivity index (χ3v) is 5.64. The Hall–Kier alpha value is -2.14. The fourth-order valence-corrected chi connectivity index (χ4v) is 4.43. The molecule has 5 heteroatoms. The average Bonchev–Trinajstić information content (AvgIpc) is 2.92. The van der Waals surface area contributed by atoms with Gasteiger partial charge in [0.05, 0.1) is 5.56 Å². The van der Waals surface area contributed by atoms with Gasteiger partial charge in [-0.2, -0.15) is 0 Å². The molecule has 1 aromatic heterocycles. The summed E-state index contributed by atoms with van der Waals surface area (Å²) in [7, 11) is 0. The summed E-state index contributed by atoms with van der Waals surface area (Å²) in [5.74, 6) is -0.514. The number of carbonyl (C=O) groups is 2. The fraction of sp³-hybridized carbons (Fsp3) is 0.368. The second-order valence-corrected chi connectivity index (χ2v) is 7.42. The van der Waals surface area contributed by atoms with Gasteiger partial charge in [-0.1, -0.05) is 29.8 Å². The first-order chi connectivity index (χ1) is 11.5. The van der Waals surface area contributed by atoms with Gasteiger partial charge in [0.25, 0.3) is 5.91 Å². The van der Waals surface area contributed by atoms with Crippen molar-refractivity contribution in [3.63, 3.8) is 0 Å². The molecule has 3 N–H and O–H groups in total. The van der Waals surface area contributed by atoms with Gasteiger partial charge in [-0.25, -0.2) is 0 Å². The molecule has 1 aliphatic carbocycles. The molecule has 0 saturated heterocycles. The lowest BCUT2D eigenvalue weighted by Crippen LogP contribution is -2.18. The summed E-state index contributed by atoms with van der Waals surface area (Å²) < 4.78 is 0. The maximum absolute atomic E-state index is 12.3. The summed E-state index contributed by atoms with van der Waals surface area (Å²) >= 11 is 1.51. The molecule has 0 saturated carbocycles. The van der Waals surface area contributed by atoms with Gasteiger partial charge < -0.3 is 11.1 Å². The minimum Gasteiger partial charge on any atom is -0.365 e. The molecule has 0 bridgehead atoms. The van der Waals surface area contributed by atoms with E-state index in [1.807, 2.05) is 31.2 Å². The van der Waals surface area contributed by atoms with Gasteiger partial charge in [-0.3, -0.25) is 9.59 Å². The Kier molecular flexibility index (Phi) is 5.00. The predicted molar refractivity (Wildman–Crippen MR) is 97.6 cm³/mol.